The van der Waals surface area contributed by atoms with Gasteiger partial charge in [0.1, 0.15) is 11.2 Å². The molecule has 8 nitrogen and oxygen atoms in total. The number of halogens is 2. The van der Waals surface area contributed by atoms with E-state index in [4.69, 9.17) is 21.1 Å². The van der Waals surface area contributed by atoms with Crippen LogP contribution in [0.5, 0.6) is 17.4 Å². The van der Waals surface area contributed by atoms with Crippen molar-refractivity contribution in [3.63, 3.8) is 0 Å². The molecular formula is C23H19ClFN5O3S. The molecule has 1 aromatic carbocycles. The lowest BCUT2D eigenvalue weighted by Gasteiger charge is -2.12. The molecule has 174 valence electrons. The summed E-state index contributed by atoms with van der Waals surface area (Å²) in [5, 5.41) is 4.85. The van der Waals surface area contributed by atoms with Crippen molar-refractivity contribution < 1.29 is 13.9 Å². The third kappa shape index (κ3) is 4.38. The van der Waals surface area contributed by atoms with E-state index in [1.54, 1.807) is 29.5 Å². The fraction of sp³-hybridized carbons (Fsp3) is 0.261. The molecule has 0 N–H and O–H groups in total. The van der Waals surface area contributed by atoms with Crippen LogP contribution in [-0.2, 0) is 12.8 Å². The van der Waals surface area contributed by atoms with Crippen LogP contribution in [0.25, 0.3) is 10.2 Å². The number of thiophene rings is 1. The third-order valence-electron chi connectivity index (χ3n) is 5.35. The maximum atomic E-state index is 14.0. The smallest absolute Gasteiger partial charge is 0.282 e. The minimum atomic E-state index is -0.754. The van der Waals surface area contributed by atoms with E-state index < -0.39 is 5.82 Å². The van der Waals surface area contributed by atoms with Crippen LogP contribution in [0.1, 0.15) is 35.8 Å². The van der Waals surface area contributed by atoms with Crippen LogP contribution in [0.4, 0.5) is 4.39 Å². The Bertz CT molecular complexity index is 1470. The van der Waals surface area contributed by atoms with Gasteiger partial charge in [0.05, 0.1) is 24.4 Å². The molecule has 0 atom stereocenters. The van der Waals surface area contributed by atoms with Gasteiger partial charge < -0.3 is 9.47 Å². The monoisotopic (exact) mass is 499 g/mol. The predicted molar refractivity (Wildman–Crippen MR) is 128 cm³/mol. The Hall–Kier alpha value is -3.37. The van der Waals surface area contributed by atoms with Crippen molar-refractivity contribution in [1.29, 1.82) is 0 Å². The molecule has 0 saturated carbocycles. The zero-order valence-electron chi connectivity index (χ0n) is 18.1. The van der Waals surface area contributed by atoms with Crippen LogP contribution in [0.2, 0.25) is 5.28 Å². The molecule has 0 radical (unpaired) electrons. The number of hydrogen-bond acceptors (Lipinski definition) is 8. The van der Waals surface area contributed by atoms with Gasteiger partial charge in [-0.05, 0) is 73.5 Å². The topological polar surface area (TPSA) is 91.5 Å². The second kappa shape index (κ2) is 9.47. The summed E-state index contributed by atoms with van der Waals surface area (Å²) >= 11 is 7.34. The van der Waals surface area contributed by atoms with Crippen molar-refractivity contribution in [3.05, 3.63) is 68.2 Å². The fourth-order valence-electron chi connectivity index (χ4n) is 3.81. The Morgan fingerprint density at radius 2 is 2.12 bits per heavy atom. The van der Waals surface area contributed by atoms with Gasteiger partial charge in [0.25, 0.3) is 11.4 Å². The lowest BCUT2D eigenvalue weighted by molar-refractivity contribution is 0.316. The molecule has 0 saturated heterocycles. The lowest BCUT2D eigenvalue weighted by Crippen LogP contribution is -2.18. The lowest BCUT2D eigenvalue weighted by atomic mass is 9.97. The van der Waals surface area contributed by atoms with Crippen molar-refractivity contribution in [2.45, 2.75) is 32.6 Å². The molecule has 0 bridgehead atoms. The van der Waals surface area contributed by atoms with E-state index in [1.165, 1.54) is 22.1 Å². The summed E-state index contributed by atoms with van der Waals surface area (Å²) in [5.74, 6) is -0.464. The average Bonchev–Trinajstić information content (AvgIpc) is 3.22. The Labute approximate surface area is 202 Å². The van der Waals surface area contributed by atoms with Crippen LogP contribution in [0, 0.1) is 5.82 Å². The highest BCUT2D eigenvalue weighted by atomic mass is 35.5. The number of benzene rings is 1. The maximum absolute atomic E-state index is 14.0. The molecular weight excluding hydrogens is 481 g/mol. The molecule has 3 heterocycles. The molecule has 11 heteroatoms. The first-order valence-corrected chi connectivity index (χ1v) is 11.9. The highest BCUT2D eigenvalue weighted by Gasteiger charge is 2.20. The van der Waals surface area contributed by atoms with Crippen molar-refractivity contribution in [2.24, 2.45) is 5.10 Å². The Balaban J connectivity index is 1.45. The van der Waals surface area contributed by atoms with Gasteiger partial charge in [-0.15, -0.1) is 11.3 Å². The number of aryl methyl sites for hydroxylation is 2. The largest absolute Gasteiger partial charge is 0.490 e. The Kier molecular flexibility index (Phi) is 6.25. The zero-order chi connectivity index (χ0) is 23.7. The Morgan fingerprint density at radius 3 is 2.97 bits per heavy atom. The van der Waals surface area contributed by atoms with E-state index in [1.807, 2.05) is 6.92 Å². The van der Waals surface area contributed by atoms with E-state index in [-0.39, 0.29) is 22.5 Å². The van der Waals surface area contributed by atoms with Crippen molar-refractivity contribution in [2.75, 3.05) is 6.61 Å². The van der Waals surface area contributed by atoms with Crippen LogP contribution >= 0.6 is 22.9 Å². The number of nitrogens with zero attached hydrogens (tertiary/aromatic N) is 5. The van der Waals surface area contributed by atoms with Gasteiger partial charge in [-0.25, -0.2) is 9.97 Å². The molecule has 0 unspecified atom stereocenters. The van der Waals surface area contributed by atoms with Crippen LogP contribution in [-0.4, -0.2) is 32.4 Å². The van der Waals surface area contributed by atoms with Gasteiger partial charge in [0.15, 0.2) is 11.5 Å². The normalized spacial score (nSPS) is 13.4. The number of hydrogen-bond donors (Lipinski definition) is 0. The SMILES string of the molecule is CCOc1cc(/C=N\n2cnc3sc4c(c3c2=O)CCCC4)ccc1Oc1nc(Cl)ncc1F. The van der Waals surface area contributed by atoms with E-state index in [9.17, 15) is 9.18 Å². The van der Waals surface area contributed by atoms with Crippen molar-refractivity contribution in [3.8, 4) is 17.4 Å². The first kappa shape index (κ1) is 22.4. The van der Waals surface area contributed by atoms with Gasteiger partial charge in [0.2, 0.25) is 11.1 Å². The van der Waals surface area contributed by atoms with Gasteiger partial charge in [-0.2, -0.15) is 19.2 Å². The van der Waals surface area contributed by atoms with Crippen LogP contribution in [0.3, 0.4) is 0 Å². The molecule has 3 aromatic heterocycles. The Morgan fingerprint density at radius 1 is 1.26 bits per heavy atom. The van der Waals surface area contributed by atoms with Gasteiger partial charge in [-0.3, -0.25) is 4.79 Å². The summed E-state index contributed by atoms with van der Waals surface area (Å²) in [6.07, 6.45) is 8.02. The molecule has 0 fully saturated rings. The maximum Gasteiger partial charge on any atom is 0.282 e. The summed E-state index contributed by atoms with van der Waals surface area (Å²) in [6.45, 7) is 2.17. The van der Waals surface area contributed by atoms with Crippen molar-refractivity contribution in [1.82, 2.24) is 19.6 Å². The van der Waals surface area contributed by atoms with Crippen molar-refractivity contribution >= 4 is 39.4 Å². The quantitative estimate of drug-likeness (QED) is 0.274. The first-order chi connectivity index (χ1) is 16.5. The third-order valence-corrected chi connectivity index (χ3v) is 6.73. The van der Waals surface area contributed by atoms with Gasteiger partial charge >= 0.3 is 0 Å². The number of rotatable bonds is 6. The molecule has 1 aliphatic rings. The molecule has 0 spiro atoms. The number of fused-ring (bicyclic) bond motifs is 3. The van der Waals surface area contributed by atoms with Gasteiger partial charge in [-0.1, -0.05) is 0 Å². The summed E-state index contributed by atoms with van der Waals surface area (Å²) in [4.78, 5) is 26.9. The van der Waals surface area contributed by atoms with Crippen LogP contribution in [0.15, 0.2) is 40.6 Å². The predicted octanol–water partition coefficient (Wildman–Crippen LogP) is 4.99. The second-order valence-electron chi connectivity index (χ2n) is 7.56. The highest BCUT2D eigenvalue weighted by Crippen LogP contribution is 2.34. The minimum Gasteiger partial charge on any atom is -0.490 e. The van der Waals surface area contributed by atoms with Gasteiger partial charge in [0, 0.05) is 4.88 Å². The molecule has 34 heavy (non-hydrogen) atoms. The summed E-state index contributed by atoms with van der Waals surface area (Å²) in [7, 11) is 0. The number of aromatic nitrogens is 4. The molecule has 0 aliphatic heterocycles. The van der Waals surface area contributed by atoms with E-state index in [0.717, 1.165) is 42.3 Å². The molecule has 5 rings (SSSR count). The highest BCUT2D eigenvalue weighted by molar-refractivity contribution is 7.18. The van der Waals surface area contributed by atoms with E-state index in [2.05, 4.69) is 20.1 Å². The molecule has 4 aromatic rings. The summed E-state index contributed by atoms with van der Waals surface area (Å²) in [6, 6.07) is 4.97. The molecule has 1 aliphatic carbocycles. The minimum absolute atomic E-state index is 0.138. The summed E-state index contributed by atoms with van der Waals surface area (Å²) in [5.41, 5.74) is 1.59. The fourth-order valence-corrected chi connectivity index (χ4v) is 5.16. The molecule has 0 amide bonds. The average molecular weight is 500 g/mol. The second-order valence-corrected chi connectivity index (χ2v) is 8.98. The van der Waals surface area contributed by atoms with Crippen LogP contribution < -0.4 is 15.0 Å². The van der Waals surface area contributed by atoms with E-state index >= 15 is 0 Å². The number of ether oxygens (including phenoxy) is 2. The first-order valence-electron chi connectivity index (χ1n) is 10.7. The zero-order valence-corrected chi connectivity index (χ0v) is 19.7. The van der Waals surface area contributed by atoms with E-state index in [0.29, 0.717) is 23.3 Å². The summed E-state index contributed by atoms with van der Waals surface area (Å²) < 4.78 is 26.4. The standard InChI is InChI=1S/C23H19ClFN5O3S/c1-2-32-17-9-13(7-8-16(17)33-20-15(25)11-26-23(24)29-20)10-28-30-12-27-21-19(22(30)31)14-5-3-4-6-18(14)34-21/h7-12H,2-6H2,1H3/b28-10-.